The van der Waals surface area contributed by atoms with Crippen LogP contribution in [0.25, 0.3) is 0 Å². The van der Waals surface area contributed by atoms with E-state index in [-0.39, 0.29) is 24.5 Å². The fraction of sp³-hybridized carbons (Fsp3) is 0.444. The first-order valence-electron chi connectivity index (χ1n) is 5.04. The lowest BCUT2D eigenvalue weighted by Crippen LogP contribution is -2.50. The van der Waals surface area contributed by atoms with E-state index in [1.807, 2.05) is 0 Å². The minimum Gasteiger partial charge on any atom is -0.480 e. The number of carboxylic acid groups (broad SMARTS) is 1. The van der Waals surface area contributed by atoms with Gasteiger partial charge in [-0.2, -0.15) is 0 Å². The molecule has 8 heteroatoms. The number of anilines is 2. The molecule has 17 heavy (non-hydrogen) atoms. The van der Waals surface area contributed by atoms with Gasteiger partial charge in [0.1, 0.15) is 11.2 Å². The Balaban J connectivity index is 2.30. The van der Waals surface area contributed by atoms with Gasteiger partial charge in [0.2, 0.25) is 0 Å². The third-order valence-electron chi connectivity index (χ3n) is 2.89. The third kappa shape index (κ3) is 1.82. The second-order valence-corrected chi connectivity index (χ2v) is 4.10. The maximum Gasteiger partial charge on any atom is 0.325 e. The highest BCUT2D eigenvalue weighted by Crippen LogP contribution is 2.25. The van der Waals surface area contributed by atoms with Gasteiger partial charge in [-0.15, -0.1) is 0 Å². The first kappa shape index (κ1) is 11.4. The van der Waals surface area contributed by atoms with Crippen LogP contribution in [0.4, 0.5) is 11.5 Å². The summed E-state index contributed by atoms with van der Waals surface area (Å²) in [5.41, 5.74) is 9.53. The Bertz CT molecular complexity index is 514. The number of carboxylic acids is 1. The zero-order valence-corrected chi connectivity index (χ0v) is 9.01. The number of aliphatic carboxylic acids is 1. The molecule has 1 aliphatic rings. The van der Waals surface area contributed by atoms with Crippen molar-refractivity contribution >= 4 is 17.5 Å². The van der Waals surface area contributed by atoms with Crippen molar-refractivity contribution in [3.8, 4) is 0 Å². The average Bonchev–Trinajstić information content (AvgIpc) is 2.66. The minimum absolute atomic E-state index is 0.0258. The standard InChI is InChI=1S/C9H13N5O3/c10-5-6(12-4-13-7(5)15)14-2-1-9(11,3-14)8(16)17/h4H,1-3,10-11H2,(H,16,17)(H,12,13,15). The molecule has 0 bridgehead atoms. The molecule has 0 aliphatic carbocycles. The fourth-order valence-corrected chi connectivity index (χ4v) is 1.84. The predicted octanol–water partition coefficient (Wildman–Crippen LogP) is -1.66. The second-order valence-electron chi connectivity index (χ2n) is 4.10. The zero-order valence-electron chi connectivity index (χ0n) is 9.01. The molecular formula is C9H13N5O3. The fourth-order valence-electron chi connectivity index (χ4n) is 1.84. The van der Waals surface area contributed by atoms with Crippen molar-refractivity contribution in [3.63, 3.8) is 0 Å². The van der Waals surface area contributed by atoms with Crippen LogP contribution in [-0.2, 0) is 4.79 Å². The summed E-state index contributed by atoms with van der Waals surface area (Å²) in [6.45, 7) is 0.492. The number of nitrogens with zero attached hydrogens (tertiary/aromatic N) is 2. The highest BCUT2D eigenvalue weighted by molar-refractivity contribution is 5.81. The third-order valence-corrected chi connectivity index (χ3v) is 2.89. The summed E-state index contributed by atoms with van der Waals surface area (Å²) in [5.74, 6) is -0.786. The highest BCUT2D eigenvalue weighted by Gasteiger charge is 2.42. The lowest BCUT2D eigenvalue weighted by molar-refractivity contribution is -0.142. The van der Waals surface area contributed by atoms with E-state index in [1.165, 1.54) is 6.33 Å². The van der Waals surface area contributed by atoms with Crippen LogP contribution in [0.15, 0.2) is 11.1 Å². The molecule has 1 atom stereocenters. The van der Waals surface area contributed by atoms with Crippen molar-refractivity contribution in [1.82, 2.24) is 9.97 Å². The molecule has 92 valence electrons. The summed E-state index contributed by atoms with van der Waals surface area (Å²) in [5, 5.41) is 8.99. The van der Waals surface area contributed by atoms with Gasteiger partial charge in [0.05, 0.1) is 6.33 Å². The zero-order chi connectivity index (χ0) is 12.6. The van der Waals surface area contributed by atoms with Crippen molar-refractivity contribution < 1.29 is 9.90 Å². The molecule has 2 heterocycles. The van der Waals surface area contributed by atoms with Crippen molar-refractivity contribution in [2.75, 3.05) is 23.7 Å². The number of aromatic nitrogens is 2. The summed E-state index contributed by atoms with van der Waals surface area (Å²) >= 11 is 0. The van der Waals surface area contributed by atoms with Crippen molar-refractivity contribution in [2.24, 2.45) is 5.73 Å². The van der Waals surface area contributed by atoms with Crippen LogP contribution in [0.3, 0.4) is 0 Å². The van der Waals surface area contributed by atoms with E-state index >= 15 is 0 Å². The monoisotopic (exact) mass is 239 g/mol. The van der Waals surface area contributed by atoms with E-state index in [9.17, 15) is 9.59 Å². The molecule has 0 radical (unpaired) electrons. The van der Waals surface area contributed by atoms with Gasteiger partial charge in [0, 0.05) is 13.1 Å². The number of H-pyrrole nitrogens is 1. The largest absolute Gasteiger partial charge is 0.480 e. The first-order valence-corrected chi connectivity index (χ1v) is 5.04. The topological polar surface area (TPSA) is 138 Å². The summed E-state index contributed by atoms with van der Waals surface area (Å²) in [6.07, 6.45) is 1.52. The molecule has 8 nitrogen and oxygen atoms in total. The Hall–Kier alpha value is -2.09. The Morgan fingerprint density at radius 2 is 2.35 bits per heavy atom. The smallest absolute Gasteiger partial charge is 0.325 e. The van der Waals surface area contributed by atoms with Gasteiger partial charge in [0.25, 0.3) is 5.56 Å². The molecule has 2 rings (SSSR count). The molecule has 0 spiro atoms. The van der Waals surface area contributed by atoms with E-state index in [0.717, 1.165) is 0 Å². The summed E-state index contributed by atoms with van der Waals surface area (Å²) in [7, 11) is 0. The van der Waals surface area contributed by atoms with Crippen LogP contribution in [0, 0.1) is 0 Å². The van der Waals surface area contributed by atoms with Gasteiger partial charge in [-0.3, -0.25) is 9.59 Å². The van der Waals surface area contributed by atoms with Gasteiger partial charge >= 0.3 is 5.97 Å². The second kappa shape index (κ2) is 3.74. The SMILES string of the molecule is Nc1c(N2CCC(N)(C(=O)O)C2)nc[nH]c1=O. The lowest BCUT2D eigenvalue weighted by Gasteiger charge is -2.21. The number of hydrogen-bond donors (Lipinski definition) is 4. The molecule has 0 aromatic carbocycles. The molecular weight excluding hydrogens is 226 g/mol. The average molecular weight is 239 g/mol. The van der Waals surface area contributed by atoms with Crippen molar-refractivity contribution in [1.29, 1.82) is 0 Å². The first-order chi connectivity index (χ1) is 7.94. The predicted molar refractivity (Wildman–Crippen MR) is 60.7 cm³/mol. The van der Waals surface area contributed by atoms with E-state index in [4.69, 9.17) is 16.6 Å². The quantitative estimate of drug-likeness (QED) is 0.484. The van der Waals surface area contributed by atoms with E-state index in [2.05, 4.69) is 9.97 Å². The van der Waals surface area contributed by atoms with Crippen LogP contribution < -0.4 is 21.9 Å². The molecule has 1 aromatic rings. The molecule has 1 fully saturated rings. The summed E-state index contributed by atoms with van der Waals surface area (Å²) < 4.78 is 0. The van der Waals surface area contributed by atoms with Gasteiger partial charge in [-0.05, 0) is 6.42 Å². The van der Waals surface area contributed by atoms with Gasteiger partial charge < -0.3 is 26.5 Å². The molecule has 1 saturated heterocycles. The van der Waals surface area contributed by atoms with E-state index in [0.29, 0.717) is 6.54 Å². The molecule has 6 N–H and O–H groups in total. The van der Waals surface area contributed by atoms with Crippen LogP contribution in [-0.4, -0.2) is 39.7 Å². The maximum atomic E-state index is 11.3. The molecule has 1 aromatic heterocycles. The number of nitrogen functional groups attached to an aromatic ring is 1. The Morgan fingerprint density at radius 3 is 2.94 bits per heavy atom. The molecule has 0 amide bonds. The number of carbonyl (C=O) groups is 1. The molecule has 1 unspecified atom stereocenters. The van der Waals surface area contributed by atoms with Crippen molar-refractivity contribution in [3.05, 3.63) is 16.7 Å². The summed E-state index contributed by atoms with van der Waals surface area (Å²) in [6, 6.07) is 0. The maximum absolute atomic E-state index is 11.3. The number of aromatic amines is 1. The van der Waals surface area contributed by atoms with Gasteiger partial charge in [0.15, 0.2) is 5.82 Å². The normalized spacial score (nSPS) is 23.9. The molecule has 1 aliphatic heterocycles. The van der Waals surface area contributed by atoms with Gasteiger partial charge in [-0.1, -0.05) is 0 Å². The van der Waals surface area contributed by atoms with Crippen LogP contribution in [0.1, 0.15) is 6.42 Å². The number of hydrogen-bond acceptors (Lipinski definition) is 6. The lowest BCUT2D eigenvalue weighted by atomic mass is 10.0. The highest BCUT2D eigenvalue weighted by atomic mass is 16.4. The Kier molecular flexibility index (Phi) is 2.50. The van der Waals surface area contributed by atoms with Crippen LogP contribution >= 0.6 is 0 Å². The molecule has 0 saturated carbocycles. The van der Waals surface area contributed by atoms with E-state index in [1.54, 1.807) is 4.90 Å². The van der Waals surface area contributed by atoms with Crippen LogP contribution in [0.5, 0.6) is 0 Å². The number of rotatable bonds is 2. The Labute approximate surface area is 96.2 Å². The summed E-state index contributed by atoms with van der Waals surface area (Å²) in [4.78, 5) is 30.2. The van der Waals surface area contributed by atoms with Crippen molar-refractivity contribution in [2.45, 2.75) is 12.0 Å². The minimum atomic E-state index is -1.31. The number of nitrogens with two attached hydrogens (primary N) is 2. The van der Waals surface area contributed by atoms with E-state index < -0.39 is 17.1 Å². The van der Waals surface area contributed by atoms with Gasteiger partial charge in [-0.25, -0.2) is 4.98 Å². The van der Waals surface area contributed by atoms with Crippen LogP contribution in [0.2, 0.25) is 0 Å². The number of nitrogens with one attached hydrogen (secondary N) is 1. The Morgan fingerprint density at radius 1 is 1.65 bits per heavy atom.